The molecule has 3 aliphatic rings. The summed E-state index contributed by atoms with van der Waals surface area (Å²) in [6.45, 7) is 5.23. The number of allylic oxidation sites excluding steroid dienone is 1. The number of hydrogen-bond acceptors (Lipinski definition) is 5. The lowest BCUT2D eigenvalue weighted by Gasteiger charge is -2.30. The minimum atomic E-state index is -0.446. The Hall–Kier alpha value is -1.73. The van der Waals surface area contributed by atoms with Crippen LogP contribution >= 0.6 is 12.2 Å². The summed E-state index contributed by atoms with van der Waals surface area (Å²) in [5.74, 6) is 0.702. The van der Waals surface area contributed by atoms with Crippen LogP contribution in [0.4, 0.5) is 0 Å². The molecule has 0 saturated carbocycles. The van der Waals surface area contributed by atoms with E-state index < -0.39 is 5.92 Å². The predicted octanol–water partition coefficient (Wildman–Crippen LogP) is 1.77. The lowest BCUT2D eigenvalue weighted by atomic mass is 9.94. The number of rotatable bonds is 5. The maximum Gasteiger partial charge on any atom is 0.241 e. The van der Waals surface area contributed by atoms with Crippen molar-refractivity contribution in [2.45, 2.75) is 26.4 Å². The van der Waals surface area contributed by atoms with Gasteiger partial charge in [-0.2, -0.15) is 0 Å². The molecule has 0 N–H and O–H groups in total. The van der Waals surface area contributed by atoms with Crippen molar-refractivity contribution in [2.24, 2.45) is 10.9 Å². The first-order valence-electron chi connectivity index (χ1n) is 7.31. The minimum Gasteiger partial charge on any atom is -0.454 e. The van der Waals surface area contributed by atoms with Gasteiger partial charge in [-0.25, -0.2) is 4.99 Å². The third-order valence-corrected chi connectivity index (χ3v) is 3.86. The van der Waals surface area contributed by atoms with Gasteiger partial charge in [0.1, 0.15) is 5.92 Å². The second-order valence-corrected chi connectivity index (χ2v) is 5.87. The first kappa shape index (κ1) is 15.2. The van der Waals surface area contributed by atoms with Crippen molar-refractivity contribution < 1.29 is 19.0 Å². The summed E-state index contributed by atoms with van der Waals surface area (Å²) in [7, 11) is 0. The zero-order chi connectivity index (χ0) is 15.7. The standard InChI is InChI=1S/C15H18N2O4S/c1-9(2)19-5-3-4-17-14(18)10-6-12-13(21-8-20-12)7-11(10)16-15(17)22/h6-7,9-10H,3-5,8H2,1-2H3. The SMILES string of the molecule is CC(C)OCCCN1C(=O)C2C=C3OCOC3=CC2=NC1=S. The number of ether oxygens (including phenoxy) is 3. The number of carbonyl (C=O) groups excluding carboxylic acids is 1. The summed E-state index contributed by atoms with van der Waals surface area (Å²) in [6, 6.07) is 0. The fraction of sp³-hybridized carbons (Fsp3) is 0.533. The molecule has 2 aliphatic heterocycles. The number of thiocarbonyl (C=S) groups is 1. The van der Waals surface area contributed by atoms with Gasteiger partial charge in [-0.05, 0) is 38.6 Å². The molecule has 0 radical (unpaired) electrons. The number of aliphatic imine (C=N–C) groups is 1. The van der Waals surface area contributed by atoms with Crippen LogP contribution in [0.15, 0.2) is 28.7 Å². The van der Waals surface area contributed by atoms with Gasteiger partial charge in [-0.15, -0.1) is 0 Å². The van der Waals surface area contributed by atoms with Crippen molar-refractivity contribution in [1.29, 1.82) is 0 Å². The van der Waals surface area contributed by atoms with E-state index >= 15 is 0 Å². The van der Waals surface area contributed by atoms with Crippen molar-refractivity contribution in [3.8, 4) is 0 Å². The van der Waals surface area contributed by atoms with E-state index in [-0.39, 0.29) is 18.8 Å². The molecule has 3 rings (SSSR count). The van der Waals surface area contributed by atoms with Gasteiger partial charge in [-0.1, -0.05) is 0 Å². The van der Waals surface area contributed by atoms with Gasteiger partial charge in [0.05, 0.1) is 11.8 Å². The second kappa shape index (κ2) is 6.18. The van der Waals surface area contributed by atoms with Crippen LogP contribution in [-0.4, -0.2) is 47.7 Å². The van der Waals surface area contributed by atoms with Gasteiger partial charge in [0.25, 0.3) is 0 Å². The molecule has 1 fully saturated rings. The van der Waals surface area contributed by atoms with E-state index in [2.05, 4.69) is 4.99 Å². The third kappa shape index (κ3) is 2.91. The van der Waals surface area contributed by atoms with Crippen LogP contribution in [0.2, 0.25) is 0 Å². The summed E-state index contributed by atoms with van der Waals surface area (Å²) in [4.78, 5) is 18.5. The Morgan fingerprint density at radius 2 is 2.23 bits per heavy atom. The molecule has 1 atom stereocenters. The highest BCUT2D eigenvalue weighted by molar-refractivity contribution is 7.80. The third-order valence-electron chi connectivity index (χ3n) is 3.55. The van der Waals surface area contributed by atoms with Crippen LogP contribution in [0.1, 0.15) is 20.3 Å². The highest BCUT2D eigenvalue weighted by atomic mass is 32.1. The molecule has 1 amide bonds. The fourth-order valence-corrected chi connectivity index (χ4v) is 2.77. The molecule has 22 heavy (non-hydrogen) atoms. The number of carbonyl (C=O) groups is 1. The van der Waals surface area contributed by atoms with Crippen molar-refractivity contribution >= 4 is 28.9 Å². The molecule has 1 aliphatic carbocycles. The van der Waals surface area contributed by atoms with Crippen LogP contribution in [0.5, 0.6) is 0 Å². The average molecular weight is 322 g/mol. The largest absolute Gasteiger partial charge is 0.454 e. The smallest absolute Gasteiger partial charge is 0.241 e. The van der Waals surface area contributed by atoms with E-state index in [0.29, 0.717) is 35.5 Å². The quantitative estimate of drug-likeness (QED) is 0.570. The molecule has 7 heteroatoms. The maximum absolute atomic E-state index is 12.6. The van der Waals surface area contributed by atoms with E-state index in [1.54, 1.807) is 17.1 Å². The molecule has 6 nitrogen and oxygen atoms in total. The lowest BCUT2D eigenvalue weighted by Crippen LogP contribution is -2.46. The average Bonchev–Trinajstić information content (AvgIpc) is 2.91. The van der Waals surface area contributed by atoms with E-state index in [9.17, 15) is 4.79 Å². The molecular formula is C15H18N2O4S. The second-order valence-electron chi connectivity index (χ2n) is 5.51. The molecule has 0 bridgehead atoms. The van der Waals surface area contributed by atoms with Gasteiger partial charge in [0.2, 0.25) is 17.8 Å². The zero-order valence-electron chi connectivity index (χ0n) is 12.6. The normalized spacial score (nSPS) is 23.3. The zero-order valence-corrected chi connectivity index (χ0v) is 13.4. The van der Waals surface area contributed by atoms with Crippen LogP contribution in [0, 0.1) is 5.92 Å². The van der Waals surface area contributed by atoms with Gasteiger partial charge < -0.3 is 14.2 Å². The van der Waals surface area contributed by atoms with Crippen molar-refractivity contribution in [3.05, 3.63) is 23.7 Å². The number of fused-ring (bicyclic) bond motifs is 2. The summed E-state index contributed by atoms with van der Waals surface area (Å²) in [5.41, 5.74) is 0.619. The number of nitrogens with zero attached hydrogens (tertiary/aromatic N) is 2. The van der Waals surface area contributed by atoms with Crippen LogP contribution in [0.3, 0.4) is 0 Å². The molecule has 118 valence electrons. The van der Waals surface area contributed by atoms with E-state index in [0.717, 1.165) is 6.42 Å². The lowest BCUT2D eigenvalue weighted by molar-refractivity contribution is -0.128. The molecule has 0 aromatic carbocycles. The molecular weight excluding hydrogens is 304 g/mol. The number of hydrogen-bond donors (Lipinski definition) is 0. The van der Waals surface area contributed by atoms with Crippen LogP contribution in [-0.2, 0) is 19.0 Å². The van der Waals surface area contributed by atoms with Gasteiger partial charge in [-0.3, -0.25) is 9.69 Å². The van der Waals surface area contributed by atoms with Crippen molar-refractivity contribution in [3.63, 3.8) is 0 Å². The van der Waals surface area contributed by atoms with E-state index in [4.69, 9.17) is 26.4 Å². The van der Waals surface area contributed by atoms with Crippen molar-refractivity contribution in [1.82, 2.24) is 4.90 Å². The molecule has 0 aromatic heterocycles. The highest BCUT2D eigenvalue weighted by Gasteiger charge is 2.38. The van der Waals surface area contributed by atoms with Crippen LogP contribution < -0.4 is 0 Å². The molecule has 2 heterocycles. The maximum atomic E-state index is 12.6. The predicted molar refractivity (Wildman–Crippen MR) is 84.1 cm³/mol. The van der Waals surface area contributed by atoms with E-state index in [1.807, 2.05) is 13.8 Å². The summed E-state index contributed by atoms with van der Waals surface area (Å²) >= 11 is 5.25. The Labute approximate surface area is 134 Å². The molecule has 1 saturated heterocycles. The first-order chi connectivity index (χ1) is 10.6. The number of amides is 1. The molecule has 1 unspecified atom stereocenters. The minimum absolute atomic E-state index is 0.0714. The van der Waals surface area contributed by atoms with Gasteiger partial charge >= 0.3 is 0 Å². The molecule has 0 spiro atoms. The Morgan fingerprint density at radius 1 is 1.45 bits per heavy atom. The fourth-order valence-electron chi connectivity index (χ4n) is 2.48. The first-order valence-corrected chi connectivity index (χ1v) is 7.72. The van der Waals surface area contributed by atoms with Gasteiger partial charge in [0.15, 0.2) is 11.5 Å². The van der Waals surface area contributed by atoms with E-state index in [1.165, 1.54) is 0 Å². The monoisotopic (exact) mass is 322 g/mol. The molecule has 0 aromatic rings. The summed E-state index contributed by atoms with van der Waals surface area (Å²) < 4.78 is 16.1. The highest BCUT2D eigenvalue weighted by Crippen LogP contribution is 2.31. The topological polar surface area (TPSA) is 60.4 Å². The van der Waals surface area contributed by atoms with Crippen LogP contribution in [0.25, 0.3) is 0 Å². The Balaban J connectivity index is 1.70. The summed E-state index contributed by atoms with van der Waals surface area (Å²) in [6.07, 6.45) is 4.39. The Morgan fingerprint density at radius 3 is 3.00 bits per heavy atom. The van der Waals surface area contributed by atoms with Gasteiger partial charge in [0, 0.05) is 19.2 Å². The Bertz CT molecular complexity index is 594. The van der Waals surface area contributed by atoms with Crippen molar-refractivity contribution in [2.75, 3.05) is 19.9 Å². The summed E-state index contributed by atoms with van der Waals surface area (Å²) in [5, 5.41) is 0.299. The Kier molecular flexibility index (Phi) is 4.26.